The van der Waals surface area contributed by atoms with Gasteiger partial charge in [0.25, 0.3) is 0 Å². The molecule has 0 aromatic heterocycles. The topological polar surface area (TPSA) is 41.1 Å². The van der Waals surface area contributed by atoms with E-state index in [1.54, 1.807) is 0 Å². The van der Waals surface area contributed by atoms with E-state index in [1.807, 2.05) is 26.0 Å². The summed E-state index contributed by atoms with van der Waals surface area (Å²) in [6.45, 7) is 4.83. The number of benzene rings is 1. The van der Waals surface area contributed by atoms with Crippen molar-refractivity contribution in [3.05, 3.63) is 29.8 Å². The molecular weight excluding hydrogens is 212 g/mol. The largest absolute Gasteiger partial charge is 0.383 e. The number of hydrogen-bond donors (Lipinski definition) is 2. The lowest BCUT2D eigenvalue weighted by molar-refractivity contribution is -0.125. The van der Waals surface area contributed by atoms with E-state index >= 15 is 0 Å². The van der Waals surface area contributed by atoms with Crippen LogP contribution in [0.3, 0.4) is 0 Å². The molecule has 0 saturated carbocycles. The Morgan fingerprint density at radius 3 is 3.06 bits per heavy atom. The van der Waals surface area contributed by atoms with E-state index in [-0.39, 0.29) is 17.9 Å². The zero-order valence-corrected chi connectivity index (χ0v) is 10.5. The van der Waals surface area contributed by atoms with Crippen molar-refractivity contribution in [3.63, 3.8) is 0 Å². The number of hydrogen-bond acceptors (Lipinski definition) is 2. The lowest BCUT2D eigenvalue weighted by Crippen LogP contribution is -2.45. The number of nitrogens with one attached hydrogen (secondary N) is 2. The van der Waals surface area contributed by atoms with Gasteiger partial charge in [-0.2, -0.15) is 0 Å². The molecule has 2 N–H and O–H groups in total. The van der Waals surface area contributed by atoms with Crippen LogP contribution in [0.25, 0.3) is 0 Å². The van der Waals surface area contributed by atoms with Crippen LogP contribution < -0.4 is 10.6 Å². The van der Waals surface area contributed by atoms with Crippen LogP contribution in [0.1, 0.15) is 25.8 Å². The van der Waals surface area contributed by atoms with Crippen LogP contribution in [0.2, 0.25) is 0 Å². The minimum absolute atomic E-state index is 0.104. The van der Waals surface area contributed by atoms with Crippen molar-refractivity contribution in [1.29, 1.82) is 0 Å². The van der Waals surface area contributed by atoms with Crippen LogP contribution >= 0.6 is 0 Å². The van der Waals surface area contributed by atoms with Crippen molar-refractivity contribution in [1.82, 2.24) is 5.32 Å². The van der Waals surface area contributed by atoms with Crippen molar-refractivity contribution < 1.29 is 4.79 Å². The molecule has 92 valence electrons. The fraction of sp³-hybridized carbons (Fsp3) is 0.500. The molecule has 0 saturated heterocycles. The van der Waals surface area contributed by atoms with Crippen molar-refractivity contribution in [3.8, 4) is 0 Å². The smallest absolute Gasteiger partial charge is 0.223 e. The Hall–Kier alpha value is -1.51. The van der Waals surface area contributed by atoms with Crippen molar-refractivity contribution >= 4 is 11.6 Å². The van der Waals surface area contributed by atoms with Crippen LogP contribution in [-0.4, -0.2) is 18.5 Å². The van der Waals surface area contributed by atoms with E-state index in [1.165, 1.54) is 11.3 Å². The molecular formula is C14H20N2O. The molecule has 1 aliphatic rings. The van der Waals surface area contributed by atoms with Crippen LogP contribution in [-0.2, 0) is 11.2 Å². The Morgan fingerprint density at radius 1 is 1.53 bits per heavy atom. The van der Waals surface area contributed by atoms with Gasteiger partial charge >= 0.3 is 0 Å². The fourth-order valence-corrected chi connectivity index (χ4v) is 2.07. The van der Waals surface area contributed by atoms with Gasteiger partial charge in [0.05, 0.1) is 6.04 Å². The third kappa shape index (κ3) is 2.78. The molecule has 3 nitrogen and oxygen atoms in total. The van der Waals surface area contributed by atoms with E-state index in [4.69, 9.17) is 0 Å². The highest BCUT2D eigenvalue weighted by Gasteiger charge is 2.21. The third-order valence-corrected chi connectivity index (χ3v) is 3.43. The number of amides is 1. The van der Waals surface area contributed by atoms with Gasteiger partial charge in [-0.1, -0.05) is 32.0 Å². The normalized spacial score (nSPS) is 20.0. The molecule has 0 radical (unpaired) electrons. The van der Waals surface area contributed by atoms with Gasteiger partial charge < -0.3 is 10.6 Å². The maximum absolute atomic E-state index is 11.8. The Morgan fingerprint density at radius 2 is 2.29 bits per heavy atom. The van der Waals surface area contributed by atoms with Crippen LogP contribution in [0.5, 0.6) is 0 Å². The lowest BCUT2D eigenvalue weighted by Gasteiger charge is -2.27. The molecule has 1 aromatic rings. The summed E-state index contributed by atoms with van der Waals surface area (Å²) < 4.78 is 0. The summed E-state index contributed by atoms with van der Waals surface area (Å²) in [5.74, 6) is 0.269. The molecule has 1 heterocycles. The standard InChI is InChI=1S/C14H20N2O/c1-3-10(2)14(17)16-12-8-11-6-4-5-7-13(11)15-9-12/h4-7,10,12,15H,3,8-9H2,1-2H3,(H,16,17). The summed E-state index contributed by atoms with van der Waals surface area (Å²) in [7, 11) is 0. The molecule has 2 rings (SSSR count). The Bertz CT molecular complexity index is 403. The van der Waals surface area contributed by atoms with Gasteiger partial charge in [0, 0.05) is 18.2 Å². The Kier molecular flexibility index (Phi) is 3.67. The zero-order chi connectivity index (χ0) is 12.3. The summed E-state index contributed by atoms with van der Waals surface area (Å²) in [6.07, 6.45) is 1.81. The second-order valence-electron chi connectivity index (χ2n) is 4.76. The first kappa shape index (κ1) is 12.0. The summed E-state index contributed by atoms with van der Waals surface area (Å²) >= 11 is 0. The highest BCUT2D eigenvalue weighted by atomic mass is 16.1. The average Bonchev–Trinajstić information content (AvgIpc) is 2.37. The fourth-order valence-electron chi connectivity index (χ4n) is 2.07. The number of para-hydroxylation sites is 1. The van der Waals surface area contributed by atoms with E-state index in [9.17, 15) is 4.79 Å². The second kappa shape index (κ2) is 5.21. The molecule has 0 aliphatic carbocycles. The quantitative estimate of drug-likeness (QED) is 0.838. The van der Waals surface area contributed by atoms with Crippen molar-refractivity contribution in [2.45, 2.75) is 32.7 Å². The molecule has 1 amide bonds. The summed E-state index contributed by atoms with van der Waals surface area (Å²) in [4.78, 5) is 11.8. The molecule has 2 atom stereocenters. The predicted molar refractivity (Wildman–Crippen MR) is 70.0 cm³/mol. The first-order valence-electron chi connectivity index (χ1n) is 6.33. The van der Waals surface area contributed by atoms with E-state index in [0.717, 1.165) is 19.4 Å². The average molecular weight is 232 g/mol. The molecule has 17 heavy (non-hydrogen) atoms. The van der Waals surface area contributed by atoms with Gasteiger partial charge in [0.1, 0.15) is 0 Å². The summed E-state index contributed by atoms with van der Waals surface area (Å²) in [5, 5.41) is 6.47. The summed E-state index contributed by atoms with van der Waals surface area (Å²) in [5.41, 5.74) is 2.48. The maximum Gasteiger partial charge on any atom is 0.223 e. The number of fused-ring (bicyclic) bond motifs is 1. The molecule has 0 bridgehead atoms. The Labute approximate surface area is 103 Å². The van der Waals surface area contributed by atoms with Crippen molar-refractivity contribution in [2.75, 3.05) is 11.9 Å². The molecule has 1 aromatic carbocycles. The number of carbonyl (C=O) groups excluding carboxylic acids is 1. The van der Waals surface area contributed by atoms with Gasteiger partial charge in [-0.25, -0.2) is 0 Å². The number of carbonyl (C=O) groups is 1. The van der Waals surface area contributed by atoms with E-state index < -0.39 is 0 Å². The highest BCUT2D eigenvalue weighted by molar-refractivity contribution is 5.78. The summed E-state index contributed by atoms with van der Waals surface area (Å²) in [6, 6.07) is 8.49. The second-order valence-corrected chi connectivity index (χ2v) is 4.76. The minimum Gasteiger partial charge on any atom is -0.383 e. The predicted octanol–water partition coefficient (Wildman–Crippen LogP) is 2.19. The van der Waals surface area contributed by atoms with Crippen LogP contribution in [0, 0.1) is 5.92 Å². The van der Waals surface area contributed by atoms with Crippen LogP contribution in [0.4, 0.5) is 5.69 Å². The minimum atomic E-state index is 0.104. The van der Waals surface area contributed by atoms with Gasteiger partial charge in [-0.15, -0.1) is 0 Å². The number of anilines is 1. The molecule has 1 aliphatic heterocycles. The van der Waals surface area contributed by atoms with E-state index in [0.29, 0.717) is 0 Å². The van der Waals surface area contributed by atoms with Gasteiger partial charge in [0.2, 0.25) is 5.91 Å². The lowest BCUT2D eigenvalue weighted by atomic mass is 9.99. The molecule has 3 heteroatoms. The number of rotatable bonds is 3. The first-order valence-corrected chi connectivity index (χ1v) is 6.33. The zero-order valence-electron chi connectivity index (χ0n) is 10.5. The van der Waals surface area contributed by atoms with Crippen LogP contribution in [0.15, 0.2) is 24.3 Å². The monoisotopic (exact) mass is 232 g/mol. The SMILES string of the molecule is CCC(C)C(=O)NC1CNc2ccccc2C1. The molecule has 0 spiro atoms. The van der Waals surface area contributed by atoms with Gasteiger partial charge in [0.15, 0.2) is 0 Å². The van der Waals surface area contributed by atoms with Gasteiger partial charge in [-0.3, -0.25) is 4.79 Å². The van der Waals surface area contributed by atoms with Gasteiger partial charge in [-0.05, 0) is 24.5 Å². The third-order valence-electron chi connectivity index (χ3n) is 3.43. The maximum atomic E-state index is 11.8. The molecule has 0 fully saturated rings. The Balaban J connectivity index is 1.96. The molecule has 2 unspecified atom stereocenters. The van der Waals surface area contributed by atoms with Crippen molar-refractivity contribution in [2.24, 2.45) is 5.92 Å². The highest BCUT2D eigenvalue weighted by Crippen LogP contribution is 2.21. The van der Waals surface area contributed by atoms with E-state index in [2.05, 4.69) is 22.8 Å². The first-order chi connectivity index (χ1) is 8.20.